The number of nitrogens with zero attached hydrogens (tertiary/aromatic N) is 1. The van der Waals surface area contributed by atoms with Gasteiger partial charge in [0.15, 0.2) is 0 Å². The second-order valence-electron chi connectivity index (χ2n) is 9.23. The minimum atomic E-state index is -0.958. The first-order chi connectivity index (χ1) is 15.0. The van der Waals surface area contributed by atoms with E-state index in [4.69, 9.17) is 9.72 Å². The van der Waals surface area contributed by atoms with Crippen LogP contribution < -0.4 is 10.6 Å². The third-order valence-corrected chi connectivity index (χ3v) is 6.47. The molecule has 7 nitrogen and oxygen atoms in total. The number of aliphatic carboxylic acids is 1. The van der Waals surface area contributed by atoms with Gasteiger partial charge < -0.3 is 20.5 Å². The van der Waals surface area contributed by atoms with Gasteiger partial charge in [0.05, 0.1) is 12.0 Å². The maximum atomic E-state index is 12.6. The summed E-state index contributed by atoms with van der Waals surface area (Å²) in [6, 6.07) is 3.52. The van der Waals surface area contributed by atoms with Crippen LogP contribution in [0.2, 0.25) is 0 Å². The van der Waals surface area contributed by atoms with Crippen molar-refractivity contribution >= 4 is 17.7 Å². The number of aryl methyl sites for hydroxylation is 2. The van der Waals surface area contributed by atoms with E-state index in [1.807, 2.05) is 6.92 Å². The largest absolute Gasteiger partial charge is 0.480 e. The fourth-order valence-electron chi connectivity index (χ4n) is 4.40. The van der Waals surface area contributed by atoms with Crippen LogP contribution in [0.1, 0.15) is 76.0 Å². The first kappa shape index (κ1) is 23.5. The molecule has 0 bridgehead atoms. The fourth-order valence-corrected chi connectivity index (χ4v) is 4.40. The molecule has 31 heavy (non-hydrogen) atoms. The molecule has 1 saturated heterocycles. The van der Waals surface area contributed by atoms with Crippen LogP contribution in [0.4, 0.5) is 5.82 Å². The highest BCUT2D eigenvalue weighted by Gasteiger charge is 2.37. The third-order valence-electron chi connectivity index (χ3n) is 6.47. The highest BCUT2D eigenvalue weighted by molar-refractivity contribution is 5.87. The van der Waals surface area contributed by atoms with E-state index in [9.17, 15) is 14.7 Å². The number of hydrogen-bond acceptors (Lipinski definition) is 5. The molecule has 3 heterocycles. The SMILES string of the molecule is CC1(C(=O)NC(CCCCCCCc2ccc3c(n2)NCCC3)C(=O)O)CCCOC1. The highest BCUT2D eigenvalue weighted by atomic mass is 16.5. The number of ether oxygens (including phenoxy) is 1. The van der Waals surface area contributed by atoms with Gasteiger partial charge >= 0.3 is 5.97 Å². The van der Waals surface area contributed by atoms with Crippen molar-refractivity contribution in [3.05, 3.63) is 23.4 Å². The molecule has 1 aromatic heterocycles. The summed E-state index contributed by atoms with van der Waals surface area (Å²) in [5.74, 6) is -0.105. The van der Waals surface area contributed by atoms with Crippen LogP contribution in [-0.4, -0.2) is 47.8 Å². The van der Waals surface area contributed by atoms with Gasteiger partial charge in [-0.3, -0.25) is 4.79 Å². The Morgan fingerprint density at radius 2 is 2.03 bits per heavy atom. The molecular weight excluding hydrogens is 394 g/mol. The van der Waals surface area contributed by atoms with Gasteiger partial charge in [-0.15, -0.1) is 0 Å². The number of nitrogens with one attached hydrogen (secondary N) is 2. The lowest BCUT2D eigenvalue weighted by Gasteiger charge is -2.33. The number of carboxylic acids is 1. The molecule has 3 N–H and O–H groups in total. The number of rotatable bonds is 11. The molecular formula is C24H37N3O4. The van der Waals surface area contributed by atoms with E-state index in [1.165, 1.54) is 12.0 Å². The average molecular weight is 432 g/mol. The molecule has 1 amide bonds. The molecule has 172 valence electrons. The number of unbranched alkanes of at least 4 members (excludes halogenated alkanes) is 4. The summed E-state index contributed by atoms with van der Waals surface area (Å²) in [4.78, 5) is 28.9. The van der Waals surface area contributed by atoms with Gasteiger partial charge in [-0.1, -0.05) is 31.7 Å². The Labute approximate surface area is 185 Å². The van der Waals surface area contributed by atoms with E-state index >= 15 is 0 Å². The number of hydrogen-bond donors (Lipinski definition) is 3. The quantitative estimate of drug-likeness (QED) is 0.462. The predicted molar refractivity (Wildman–Crippen MR) is 120 cm³/mol. The second kappa shape index (κ2) is 11.5. The number of carbonyl (C=O) groups excluding carboxylic acids is 1. The molecule has 0 aliphatic carbocycles. The summed E-state index contributed by atoms with van der Waals surface area (Å²) < 4.78 is 5.43. The van der Waals surface area contributed by atoms with E-state index in [0.717, 1.165) is 75.8 Å². The molecule has 7 heteroatoms. The Balaban J connectivity index is 1.31. The Hall–Kier alpha value is -2.15. The molecule has 2 aliphatic rings. The van der Waals surface area contributed by atoms with E-state index < -0.39 is 17.4 Å². The van der Waals surface area contributed by atoms with E-state index in [2.05, 4.69) is 22.8 Å². The molecule has 2 atom stereocenters. The Bertz CT molecular complexity index is 746. The molecule has 0 aromatic carbocycles. The van der Waals surface area contributed by atoms with Gasteiger partial charge in [-0.2, -0.15) is 0 Å². The number of fused-ring (bicyclic) bond motifs is 1. The highest BCUT2D eigenvalue weighted by Crippen LogP contribution is 2.28. The van der Waals surface area contributed by atoms with E-state index in [1.54, 1.807) is 0 Å². The van der Waals surface area contributed by atoms with Crippen molar-refractivity contribution in [2.24, 2.45) is 5.41 Å². The van der Waals surface area contributed by atoms with Gasteiger partial charge in [0.1, 0.15) is 11.9 Å². The Morgan fingerprint density at radius 3 is 2.81 bits per heavy atom. The summed E-state index contributed by atoms with van der Waals surface area (Å²) in [6.07, 6.45) is 10.3. The first-order valence-electron chi connectivity index (χ1n) is 11.8. The summed E-state index contributed by atoms with van der Waals surface area (Å²) in [5.41, 5.74) is 1.84. The standard InChI is InChI=1S/C24H37N3O4/c1-24(14-8-16-31-17-24)23(30)27-20(22(28)29)11-6-4-2-3-5-10-19-13-12-18-9-7-15-25-21(18)26-19/h12-13,20H,2-11,14-17H2,1H3,(H,25,26)(H,27,30)(H,28,29). The smallest absolute Gasteiger partial charge is 0.326 e. The second-order valence-corrected chi connectivity index (χ2v) is 9.23. The molecule has 1 fully saturated rings. The van der Waals surface area contributed by atoms with Gasteiger partial charge in [-0.25, -0.2) is 9.78 Å². The van der Waals surface area contributed by atoms with Crippen LogP contribution >= 0.6 is 0 Å². The van der Waals surface area contributed by atoms with Gasteiger partial charge in [0.25, 0.3) is 0 Å². The van der Waals surface area contributed by atoms with Gasteiger partial charge in [0.2, 0.25) is 5.91 Å². The zero-order valence-electron chi connectivity index (χ0n) is 18.8. The minimum absolute atomic E-state index is 0.202. The topological polar surface area (TPSA) is 101 Å². The molecule has 0 saturated carbocycles. The molecule has 2 aliphatic heterocycles. The number of amides is 1. The van der Waals surface area contributed by atoms with Crippen LogP contribution in [0.15, 0.2) is 12.1 Å². The van der Waals surface area contributed by atoms with E-state index in [-0.39, 0.29) is 5.91 Å². The van der Waals surface area contributed by atoms with Crippen molar-refractivity contribution in [1.82, 2.24) is 10.3 Å². The van der Waals surface area contributed by atoms with Crippen molar-refractivity contribution in [3.8, 4) is 0 Å². The van der Waals surface area contributed by atoms with Crippen LogP contribution in [0.3, 0.4) is 0 Å². The molecule has 1 aromatic rings. The molecule has 0 radical (unpaired) electrons. The Morgan fingerprint density at radius 1 is 1.23 bits per heavy atom. The number of anilines is 1. The number of carbonyl (C=O) groups is 2. The summed E-state index contributed by atoms with van der Waals surface area (Å²) in [5, 5.41) is 15.6. The summed E-state index contributed by atoms with van der Waals surface area (Å²) in [7, 11) is 0. The van der Waals surface area contributed by atoms with Crippen molar-refractivity contribution < 1.29 is 19.4 Å². The van der Waals surface area contributed by atoms with Gasteiger partial charge in [-0.05, 0) is 63.5 Å². The fraction of sp³-hybridized carbons (Fsp3) is 0.708. The lowest BCUT2D eigenvalue weighted by atomic mass is 9.83. The third kappa shape index (κ3) is 6.92. The number of aromatic nitrogens is 1. The predicted octanol–water partition coefficient (Wildman–Crippen LogP) is 3.71. The van der Waals surface area contributed by atoms with E-state index in [0.29, 0.717) is 19.6 Å². The van der Waals surface area contributed by atoms with Crippen molar-refractivity contribution in [3.63, 3.8) is 0 Å². The van der Waals surface area contributed by atoms with Crippen LogP contribution in [0.5, 0.6) is 0 Å². The minimum Gasteiger partial charge on any atom is -0.480 e. The molecule has 3 rings (SSSR count). The van der Waals surface area contributed by atoms with Crippen LogP contribution in [0.25, 0.3) is 0 Å². The van der Waals surface area contributed by atoms with Crippen LogP contribution in [0, 0.1) is 5.41 Å². The maximum absolute atomic E-state index is 12.6. The monoisotopic (exact) mass is 431 g/mol. The average Bonchev–Trinajstić information content (AvgIpc) is 2.77. The molecule has 2 unspecified atom stereocenters. The Kier molecular flexibility index (Phi) is 8.69. The van der Waals surface area contributed by atoms with Crippen molar-refractivity contribution in [2.45, 2.75) is 83.6 Å². The lowest BCUT2D eigenvalue weighted by Crippen LogP contribution is -2.50. The summed E-state index contributed by atoms with van der Waals surface area (Å²) >= 11 is 0. The van der Waals surface area contributed by atoms with Crippen molar-refractivity contribution in [1.29, 1.82) is 0 Å². The first-order valence-corrected chi connectivity index (χ1v) is 11.8. The summed E-state index contributed by atoms with van der Waals surface area (Å²) in [6.45, 7) is 3.90. The van der Waals surface area contributed by atoms with Crippen molar-refractivity contribution in [2.75, 3.05) is 25.1 Å². The van der Waals surface area contributed by atoms with Crippen LogP contribution in [-0.2, 0) is 27.2 Å². The zero-order valence-corrected chi connectivity index (χ0v) is 18.8. The number of carboxylic acid groups (broad SMARTS) is 1. The van der Waals surface area contributed by atoms with Gasteiger partial charge in [0, 0.05) is 18.8 Å². The molecule has 0 spiro atoms. The number of pyridine rings is 1. The normalized spacial score (nSPS) is 21.6. The maximum Gasteiger partial charge on any atom is 0.326 e. The lowest BCUT2D eigenvalue weighted by molar-refractivity contribution is -0.146. The zero-order chi connectivity index (χ0) is 22.1.